The molecule has 4 heteroatoms. The summed E-state index contributed by atoms with van der Waals surface area (Å²) in [6.07, 6.45) is 0.857. The van der Waals surface area contributed by atoms with Gasteiger partial charge in [-0.3, -0.25) is 0 Å². The number of aromatic nitrogens is 2. The fourth-order valence-corrected chi connectivity index (χ4v) is 2.18. The van der Waals surface area contributed by atoms with Crippen LogP contribution >= 0.6 is 0 Å². The van der Waals surface area contributed by atoms with Crippen molar-refractivity contribution in [3.63, 3.8) is 0 Å². The highest BCUT2D eigenvalue weighted by Gasteiger charge is 2.17. The average Bonchev–Trinajstić information content (AvgIpc) is 2.29. The van der Waals surface area contributed by atoms with Crippen LogP contribution in [0.5, 0.6) is 0 Å². The smallest absolute Gasteiger partial charge is 0.157 e. The summed E-state index contributed by atoms with van der Waals surface area (Å²) < 4.78 is 5.37. The van der Waals surface area contributed by atoms with Gasteiger partial charge in [0, 0.05) is 18.5 Å². The topological polar surface area (TPSA) is 61.0 Å². The monoisotopic (exact) mass is 237 g/mol. The number of nitrogens with two attached hydrogens (primary N) is 1. The first-order valence-electron chi connectivity index (χ1n) is 6.12. The average molecular weight is 237 g/mol. The lowest BCUT2D eigenvalue weighted by Crippen LogP contribution is -2.16. The van der Waals surface area contributed by atoms with Crippen LogP contribution in [0.1, 0.15) is 55.1 Å². The molecule has 0 aliphatic rings. The van der Waals surface area contributed by atoms with E-state index in [1.807, 2.05) is 13.8 Å². The Morgan fingerprint density at radius 2 is 1.76 bits per heavy atom. The lowest BCUT2D eigenvalue weighted by atomic mass is 9.98. The molecular weight excluding hydrogens is 214 g/mol. The van der Waals surface area contributed by atoms with Crippen molar-refractivity contribution in [2.75, 3.05) is 13.7 Å². The van der Waals surface area contributed by atoms with E-state index in [2.05, 4.69) is 23.8 Å². The Morgan fingerprint density at radius 3 is 2.12 bits per heavy atom. The summed E-state index contributed by atoms with van der Waals surface area (Å²) in [6, 6.07) is 0. The molecule has 0 saturated carbocycles. The lowest BCUT2D eigenvalue weighted by Gasteiger charge is -2.18. The molecule has 2 N–H and O–H groups in total. The van der Waals surface area contributed by atoms with Gasteiger partial charge in [-0.1, -0.05) is 13.8 Å². The molecule has 0 aliphatic carbocycles. The van der Waals surface area contributed by atoms with E-state index in [4.69, 9.17) is 10.5 Å². The Bertz CT molecular complexity index is 352. The van der Waals surface area contributed by atoms with Crippen LogP contribution in [0, 0.1) is 13.8 Å². The molecule has 0 amide bonds. The molecule has 96 valence electrons. The molecule has 0 aromatic carbocycles. The zero-order valence-electron chi connectivity index (χ0n) is 11.4. The highest BCUT2D eigenvalue weighted by Crippen LogP contribution is 2.24. The summed E-state index contributed by atoms with van der Waals surface area (Å²) in [4.78, 5) is 9.11. The first kappa shape index (κ1) is 14.1. The van der Waals surface area contributed by atoms with E-state index in [0.29, 0.717) is 12.5 Å². The van der Waals surface area contributed by atoms with Crippen LogP contribution in [-0.4, -0.2) is 23.6 Å². The maximum absolute atomic E-state index is 5.71. The van der Waals surface area contributed by atoms with Gasteiger partial charge in [0.05, 0.1) is 0 Å². The second kappa shape index (κ2) is 6.07. The molecular formula is C13H23N3O. The Hall–Kier alpha value is -1.00. The minimum Gasteiger partial charge on any atom is -0.373 e. The van der Waals surface area contributed by atoms with E-state index < -0.39 is 0 Å². The van der Waals surface area contributed by atoms with Gasteiger partial charge in [0.25, 0.3) is 0 Å². The minimum atomic E-state index is -0.0189. The molecule has 0 radical (unpaired) electrons. The Kier molecular flexibility index (Phi) is 5.02. The number of methoxy groups -OCH3 is 1. The second-order valence-electron chi connectivity index (χ2n) is 4.44. The number of ether oxygens (including phenoxy) is 1. The van der Waals surface area contributed by atoms with Crippen molar-refractivity contribution in [2.24, 2.45) is 5.73 Å². The summed E-state index contributed by atoms with van der Waals surface area (Å²) in [7, 11) is 1.69. The Morgan fingerprint density at radius 1 is 1.24 bits per heavy atom. The number of hydrogen-bond acceptors (Lipinski definition) is 4. The van der Waals surface area contributed by atoms with Crippen molar-refractivity contribution in [3.8, 4) is 0 Å². The molecule has 1 aromatic rings. The van der Waals surface area contributed by atoms with Crippen molar-refractivity contribution in [3.05, 3.63) is 22.8 Å². The highest BCUT2D eigenvalue weighted by molar-refractivity contribution is 5.28. The Labute approximate surface area is 104 Å². The van der Waals surface area contributed by atoms with E-state index in [9.17, 15) is 0 Å². The van der Waals surface area contributed by atoms with Gasteiger partial charge in [-0.15, -0.1) is 0 Å². The van der Waals surface area contributed by atoms with E-state index >= 15 is 0 Å². The van der Waals surface area contributed by atoms with Gasteiger partial charge in [0.1, 0.15) is 6.10 Å². The molecule has 0 spiro atoms. The standard InChI is InChI=1S/C13H23N3O/c1-6-11(17-5)13-15-9(3)12(8(2)7-14)10(4)16-13/h8,11H,6-7,14H2,1-5H3. The van der Waals surface area contributed by atoms with Crippen molar-refractivity contribution in [2.45, 2.75) is 46.1 Å². The maximum atomic E-state index is 5.71. The predicted molar refractivity (Wildman–Crippen MR) is 69.0 cm³/mol. The van der Waals surface area contributed by atoms with Crippen LogP contribution in [0.15, 0.2) is 0 Å². The van der Waals surface area contributed by atoms with Crippen LogP contribution in [0.3, 0.4) is 0 Å². The molecule has 2 atom stereocenters. The molecule has 2 unspecified atom stereocenters. The summed E-state index contributed by atoms with van der Waals surface area (Å²) >= 11 is 0. The van der Waals surface area contributed by atoms with Crippen LogP contribution in [0.25, 0.3) is 0 Å². The zero-order valence-corrected chi connectivity index (χ0v) is 11.4. The van der Waals surface area contributed by atoms with Crippen LogP contribution in [-0.2, 0) is 4.74 Å². The number of nitrogens with zero attached hydrogens (tertiary/aromatic N) is 2. The van der Waals surface area contributed by atoms with Crippen molar-refractivity contribution < 1.29 is 4.74 Å². The number of rotatable bonds is 5. The van der Waals surface area contributed by atoms with E-state index in [1.165, 1.54) is 5.56 Å². The van der Waals surface area contributed by atoms with Crippen LogP contribution < -0.4 is 5.73 Å². The summed E-state index contributed by atoms with van der Waals surface area (Å²) in [5, 5.41) is 0. The normalized spacial score (nSPS) is 14.7. The summed E-state index contributed by atoms with van der Waals surface area (Å²) in [6.45, 7) is 8.82. The number of aryl methyl sites for hydroxylation is 2. The van der Waals surface area contributed by atoms with Crippen molar-refractivity contribution in [1.82, 2.24) is 9.97 Å². The predicted octanol–water partition coefficient (Wildman–Crippen LogP) is 2.25. The molecule has 17 heavy (non-hydrogen) atoms. The summed E-state index contributed by atoms with van der Waals surface area (Å²) in [5.41, 5.74) is 8.91. The van der Waals surface area contributed by atoms with E-state index in [0.717, 1.165) is 23.6 Å². The van der Waals surface area contributed by atoms with E-state index in [1.54, 1.807) is 7.11 Å². The van der Waals surface area contributed by atoms with Crippen LogP contribution in [0.2, 0.25) is 0 Å². The largest absolute Gasteiger partial charge is 0.373 e. The fraction of sp³-hybridized carbons (Fsp3) is 0.692. The van der Waals surface area contributed by atoms with Gasteiger partial charge in [-0.25, -0.2) is 9.97 Å². The fourth-order valence-electron chi connectivity index (χ4n) is 2.18. The molecule has 0 saturated heterocycles. The molecule has 1 rings (SSSR count). The minimum absolute atomic E-state index is 0.0189. The molecule has 0 aliphatic heterocycles. The molecule has 1 aromatic heterocycles. The first-order chi connectivity index (χ1) is 8.04. The first-order valence-corrected chi connectivity index (χ1v) is 6.12. The third-order valence-electron chi connectivity index (χ3n) is 3.13. The SMILES string of the molecule is CCC(OC)c1nc(C)c(C(C)CN)c(C)n1. The number of hydrogen-bond donors (Lipinski definition) is 1. The quantitative estimate of drug-likeness (QED) is 0.853. The van der Waals surface area contributed by atoms with Gasteiger partial charge in [-0.05, 0) is 38.3 Å². The van der Waals surface area contributed by atoms with Gasteiger partial charge in [0.2, 0.25) is 0 Å². The summed E-state index contributed by atoms with van der Waals surface area (Å²) in [5.74, 6) is 1.07. The van der Waals surface area contributed by atoms with Crippen LogP contribution in [0.4, 0.5) is 0 Å². The third-order valence-corrected chi connectivity index (χ3v) is 3.13. The lowest BCUT2D eigenvalue weighted by molar-refractivity contribution is 0.0922. The van der Waals surface area contributed by atoms with Gasteiger partial charge in [-0.2, -0.15) is 0 Å². The Balaban J connectivity index is 3.17. The van der Waals surface area contributed by atoms with Gasteiger partial charge in [0.15, 0.2) is 5.82 Å². The second-order valence-corrected chi connectivity index (χ2v) is 4.44. The molecule has 1 heterocycles. The highest BCUT2D eigenvalue weighted by atomic mass is 16.5. The molecule has 0 fully saturated rings. The van der Waals surface area contributed by atoms with Gasteiger partial charge < -0.3 is 10.5 Å². The zero-order chi connectivity index (χ0) is 13.0. The molecule has 4 nitrogen and oxygen atoms in total. The maximum Gasteiger partial charge on any atom is 0.157 e. The van der Waals surface area contributed by atoms with Crippen molar-refractivity contribution >= 4 is 0 Å². The van der Waals surface area contributed by atoms with Gasteiger partial charge >= 0.3 is 0 Å². The molecule has 0 bridgehead atoms. The van der Waals surface area contributed by atoms with Crippen molar-refractivity contribution in [1.29, 1.82) is 0 Å². The van der Waals surface area contributed by atoms with E-state index in [-0.39, 0.29) is 6.10 Å². The third kappa shape index (κ3) is 3.01.